The van der Waals surface area contributed by atoms with Crippen molar-refractivity contribution in [2.75, 3.05) is 32.7 Å². The van der Waals surface area contributed by atoms with Gasteiger partial charge in [0.05, 0.1) is 11.4 Å². The van der Waals surface area contributed by atoms with Crippen molar-refractivity contribution in [2.24, 2.45) is 17.8 Å². The molecule has 0 aromatic heterocycles. The number of rotatable bonds is 14. The molecule has 11 nitrogen and oxygen atoms in total. The van der Waals surface area contributed by atoms with E-state index in [1.807, 2.05) is 0 Å². The highest BCUT2D eigenvalue weighted by molar-refractivity contribution is 7.89. The number of aliphatic carboxylic acids is 1. The Morgan fingerprint density at radius 1 is 0.911 bits per heavy atom. The number of amides is 2. The lowest BCUT2D eigenvalue weighted by atomic mass is 9.84. The summed E-state index contributed by atoms with van der Waals surface area (Å²) in [5.41, 5.74) is 2.06. The van der Waals surface area contributed by atoms with Crippen LogP contribution < -0.4 is 20.8 Å². The van der Waals surface area contributed by atoms with Gasteiger partial charge >= 0.3 is 5.97 Å². The van der Waals surface area contributed by atoms with Gasteiger partial charge in [-0.2, -0.15) is 0 Å². The van der Waals surface area contributed by atoms with Gasteiger partial charge in [0.15, 0.2) is 0 Å². The van der Waals surface area contributed by atoms with Crippen LogP contribution in [0.2, 0.25) is 0 Å². The minimum absolute atomic E-state index is 0. The second kappa shape index (κ2) is 19.0. The first-order valence-electron chi connectivity index (χ1n) is 16.0. The molecule has 0 spiro atoms. The molecule has 0 saturated carbocycles. The molecule has 2 aliphatic heterocycles. The van der Waals surface area contributed by atoms with Crippen molar-refractivity contribution in [3.63, 3.8) is 0 Å². The Bertz CT molecular complexity index is 1200. The topological polar surface area (TPSA) is 157 Å². The molecule has 1 aromatic carbocycles. The zero-order valence-corrected chi connectivity index (χ0v) is 28.7. The molecule has 2 amide bonds. The highest BCUT2D eigenvalue weighted by Gasteiger charge is 2.32. The fraction of sp³-hybridized carbons (Fsp3) is 0.710. The van der Waals surface area contributed by atoms with Gasteiger partial charge in [0.1, 0.15) is 6.04 Å². The fourth-order valence-electron chi connectivity index (χ4n) is 6.53. The molecule has 45 heavy (non-hydrogen) atoms. The predicted octanol–water partition coefficient (Wildman–Crippen LogP) is 3.20. The number of hydrogen-bond donors (Lipinski definition) is 5. The lowest BCUT2D eigenvalue weighted by Crippen LogP contribution is -2.56. The van der Waals surface area contributed by atoms with E-state index in [0.29, 0.717) is 16.8 Å². The molecule has 1 aromatic rings. The lowest BCUT2D eigenvalue weighted by molar-refractivity contribution is -0.150. The van der Waals surface area contributed by atoms with Gasteiger partial charge in [-0.3, -0.25) is 9.59 Å². The second-order valence-electron chi connectivity index (χ2n) is 12.5. The van der Waals surface area contributed by atoms with Crippen molar-refractivity contribution in [1.82, 2.24) is 25.8 Å². The van der Waals surface area contributed by atoms with Gasteiger partial charge in [-0.15, -0.1) is 29.6 Å². The number of piperidine rings is 2. The number of carboxylic acids is 1. The molecule has 2 heterocycles. The van der Waals surface area contributed by atoms with Crippen LogP contribution in [-0.2, 0) is 37.2 Å². The molecule has 1 unspecified atom stereocenters. The Balaban J connectivity index is 0.00000353. The summed E-state index contributed by atoms with van der Waals surface area (Å²) >= 11 is 0. The molecule has 5 N–H and O–H groups in total. The highest BCUT2D eigenvalue weighted by atomic mass is 35.5. The van der Waals surface area contributed by atoms with Crippen molar-refractivity contribution < 1.29 is 27.9 Å². The van der Waals surface area contributed by atoms with Crippen molar-refractivity contribution in [3.8, 4) is 0 Å². The van der Waals surface area contributed by atoms with Crippen LogP contribution in [0.5, 0.6) is 0 Å². The van der Waals surface area contributed by atoms with Gasteiger partial charge in [-0.1, -0.05) is 6.07 Å². The molecule has 2 saturated heterocycles. The number of carboxylic acid groups (broad SMARTS) is 1. The Morgan fingerprint density at radius 3 is 1.98 bits per heavy atom. The zero-order valence-electron chi connectivity index (χ0n) is 26.2. The van der Waals surface area contributed by atoms with Crippen molar-refractivity contribution >= 4 is 52.6 Å². The van der Waals surface area contributed by atoms with Crippen LogP contribution in [0.1, 0.15) is 82.3 Å². The van der Waals surface area contributed by atoms with Crippen LogP contribution in [0.4, 0.5) is 0 Å². The van der Waals surface area contributed by atoms with Crippen LogP contribution in [-0.4, -0.2) is 75.1 Å². The summed E-state index contributed by atoms with van der Waals surface area (Å²) in [4.78, 5) is 40.7. The minimum atomic E-state index is -4.24. The third-order valence-corrected chi connectivity index (χ3v) is 10.7. The quantitative estimate of drug-likeness (QED) is 0.186. The molecule has 1 aliphatic carbocycles. The number of halogens is 2. The molecule has 4 rings (SSSR count). The first-order valence-corrected chi connectivity index (χ1v) is 17.5. The standard InChI is InChI=1S/C31H49N5O6S.2ClH/c1-22(31(39)40)36(35-43(41,42)28-11-10-25-4-2-3-5-27(25)20-28)29(37)21-34-30(38)26(8-6-23-12-16-32-17-13-23)9-7-24-14-18-33-19-15-24;;/h10-11,20,22-24,26,32-33,35H,2-9,12-19,21H2,1H3,(H,34,38)(H,39,40);2*1H. The maximum atomic E-state index is 13.4. The maximum Gasteiger partial charge on any atom is 0.327 e. The van der Waals surface area contributed by atoms with Crippen molar-refractivity contribution in [2.45, 2.75) is 94.9 Å². The monoisotopic (exact) mass is 691 g/mol. The molecule has 0 radical (unpaired) electrons. The number of hydrogen-bond acceptors (Lipinski definition) is 7. The summed E-state index contributed by atoms with van der Waals surface area (Å²) in [6.07, 6.45) is 11.4. The summed E-state index contributed by atoms with van der Waals surface area (Å²) in [6, 6.07) is 3.39. The Morgan fingerprint density at radius 2 is 1.44 bits per heavy atom. The van der Waals surface area contributed by atoms with E-state index < -0.39 is 34.5 Å². The van der Waals surface area contributed by atoms with E-state index in [9.17, 15) is 27.9 Å². The van der Waals surface area contributed by atoms with Gasteiger partial charge in [0, 0.05) is 5.92 Å². The van der Waals surface area contributed by atoms with Crippen LogP contribution in [0.15, 0.2) is 23.1 Å². The van der Waals surface area contributed by atoms with E-state index in [0.717, 1.165) is 114 Å². The fourth-order valence-corrected chi connectivity index (χ4v) is 7.70. The van der Waals surface area contributed by atoms with Crippen LogP contribution in [0.3, 0.4) is 0 Å². The van der Waals surface area contributed by atoms with Crippen LogP contribution in [0, 0.1) is 17.8 Å². The minimum Gasteiger partial charge on any atom is -0.480 e. The van der Waals surface area contributed by atoms with E-state index in [4.69, 9.17) is 0 Å². The number of carbonyl (C=O) groups is 3. The van der Waals surface area contributed by atoms with E-state index >= 15 is 0 Å². The largest absolute Gasteiger partial charge is 0.480 e. The average molecular weight is 693 g/mol. The lowest BCUT2D eigenvalue weighted by Gasteiger charge is -2.28. The van der Waals surface area contributed by atoms with Crippen LogP contribution >= 0.6 is 24.8 Å². The molecular weight excluding hydrogens is 641 g/mol. The number of aryl methyl sites for hydroxylation is 2. The third kappa shape index (κ3) is 11.7. The molecule has 3 aliphatic rings. The van der Waals surface area contributed by atoms with E-state index in [1.54, 1.807) is 12.1 Å². The number of carbonyl (C=O) groups excluding carboxylic acids is 2. The Labute approximate surface area is 280 Å². The van der Waals surface area contributed by atoms with Gasteiger partial charge in [0.25, 0.3) is 15.9 Å². The Kier molecular flexibility index (Phi) is 16.6. The number of benzene rings is 1. The normalized spacial score (nSPS) is 18.2. The summed E-state index contributed by atoms with van der Waals surface area (Å²) in [5, 5.41) is 19.7. The van der Waals surface area contributed by atoms with Gasteiger partial charge in [-0.05, 0) is 145 Å². The second-order valence-corrected chi connectivity index (χ2v) is 14.1. The number of nitrogens with one attached hydrogen (secondary N) is 4. The zero-order chi connectivity index (χ0) is 30.8. The summed E-state index contributed by atoms with van der Waals surface area (Å²) in [6.45, 7) is 4.70. The average Bonchev–Trinajstić information content (AvgIpc) is 3.02. The summed E-state index contributed by atoms with van der Waals surface area (Å²) < 4.78 is 26.6. The van der Waals surface area contributed by atoms with Gasteiger partial charge < -0.3 is 21.1 Å². The molecule has 14 heteroatoms. The first-order chi connectivity index (χ1) is 20.6. The van der Waals surface area contributed by atoms with Crippen LogP contribution in [0.25, 0.3) is 0 Å². The Hall–Kier alpha value is -1.96. The van der Waals surface area contributed by atoms with Gasteiger partial charge in [0.2, 0.25) is 5.91 Å². The summed E-state index contributed by atoms with van der Waals surface area (Å²) in [7, 11) is -4.24. The van der Waals surface area contributed by atoms with E-state index in [-0.39, 0.29) is 41.5 Å². The first kappa shape index (κ1) is 39.2. The predicted molar refractivity (Wildman–Crippen MR) is 178 cm³/mol. The smallest absolute Gasteiger partial charge is 0.327 e. The number of hydrazine groups is 1. The van der Waals surface area contributed by atoms with E-state index in [1.165, 1.54) is 13.0 Å². The number of fused-ring (bicyclic) bond motifs is 1. The third-order valence-electron chi connectivity index (χ3n) is 9.41. The van der Waals surface area contributed by atoms with Crippen molar-refractivity contribution in [3.05, 3.63) is 29.3 Å². The molecule has 1 atom stereocenters. The SMILES string of the molecule is CC(C(=O)O)N(NS(=O)(=O)c1ccc2c(c1)CCCC2)C(=O)CNC(=O)C(CCC1CCNCC1)CCC1CCNCC1.Cl.Cl. The number of nitrogens with zero attached hydrogens (tertiary/aromatic N) is 1. The highest BCUT2D eigenvalue weighted by Crippen LogP contribution is 2.27. The van der Waals surface area contributed by atoms with Crippen molar-refractivity contribution in [1.29, 1.82) is 0 Å². The molecule has 2 fully saturated rings. The summed E-state index contributed by atoms with van der Waals surface area (Å²) in [5.74, 6) is -1.55. The van der Waals surface area contributed by atoms with E-state index in [2.05, 4.69) is 20.8 Å². The molecular formula is C31H51Cl2N5O6S. The molecule has 0 bridgehead atoms. The maximum absolute atomic E-state index is 13.4. The van der Waals surface area contributed by atoms with Gasteiger partial charge in [-0.25, -0.2) is 18.2 Å². The number of sulfonamides is 1. The molecule has 256 valence electrons.